The normalized spacial score (nSPS) is 20.1. The van der Waals surface area contributed by atoms with Crippen LogP contribution in [0.2, 0.25) is 0 Å². The molecule has 0 amide bonds. The molecule has 0 radical (unpaired) electrons. The first kappa shape index (κ1) is 11.3. The highest BCUT2D eigenvalue weighted by Crippen LogP contribution is 2.31. The first-order valence-electron chi connectivity index (χ1n) is 6.28. The molecule has 2 aliphatic rings. The summed E-state index contributed by atoms with van der Waals surface area (Å²) in [6.07, 6.45) is 3.46. The third kappa shape index (κ3) is 2.72. The Kier molecular flexibility index (Phi) is 3.48. The fourth-order valence-corrected chi connectivity index (χ4v) is 3.50. The standard InChI is InChI=1S/C14H17NOS/c1-2-4-13-12(3-1)9-14(15-13)17-10-11-5-7-16-8-6-11/h1-4,11H,5-10H2. The van der Waals surface area contributed by atoms with Crippen molar-refractivity contribution in [1.82, 2.24) is 0 Å². The number of hydrogen-bond acceptors (Lipinski definition) is 3. The lowest BCUT2D eigenvalue weighted by Gasteiger charge is -2.21. The molecule has 17 heavy (non-hydrogen) atoms. The van der Waals surface area contributed by atoms with Crippen LogP contribution in [0.25, 0.3) is 0 Å². The molecule has 1 aromatic carbocycles. The Morgan fingerprint density at radius 3 is 2.88 bits per heavy atom. The van der Waals surface area contributed by atoms with Crippen molar-refractivity contribution in [2.75, 3.05) is 19.0 Å². The fraction of sp³-hybridized carbons (Fsp3) is 0.500. The summed E-state index contributed by atoms with van der Waals surface area (Å²) in [5.41, 5.74) is 2.55. The summed E-state index contributed by atoms with van der Waals surface area (Å²) in [5, 5.41) is 1.29. The summed E-state index contributed by atoms with van der Waals surface area (Å²) < 4.78 is 5.38. The van der Waals surface area contributed by atoms with Crippen molar-refractivity contribution in [2.45, 2.75) is 19.3 Å². The van der Waals surface area contributed by atoms with Gasteiger partial charge in [0, 0.05) is 25.4 Å². The van der Waals surface area contributed by atoms with Crippen molar-refractivity contribution >= 4 is 22.5 Å². The van der Waals surface area contributed by atoms with Crippen molar-refractivity contribution in [3.63, 3.8) is 0 Å². The molecule has 1 saturated heterocycles. The van der Waals surface area contributed by atoms with Gasteiger partial charge < -0.3 is 4.74 Å². The summed E-state index contributed by atoms with van der Waals surface area (Å²) in [6, 6.07) is 8.45. The number of hydrogen-bond donors (Lipinski definition) is 0. The Bertz CT molecular complexity index is 424. The second-order valence-corrected chi connectivity index (χ2v) is 5.77. The van der Waals surface area contributed by atoms with Gasteiger partial charge in [0.2, 0.25) is 0 Å². The van der Waals surface area contributed by atoms with Crippen LogP contribution >= 0.6 is 11.8 Å². The average molecular weight is 247 g/mol. The summed E-state index contributed by atoms with van der Waals surface area (Å²) in [5.74, 6) is 2.02. The number of fused-ring (bicyclic) bond motifs is 1. The zero-order valence-electron chi connectivity index (χ0n) is 9.89. The van der Waals surface area contributed by atoms with Gasteiger partial charge in [-0.1, -0.05) is 18.2 Å². The van der Waals surface area contributed by atoms with Gasteiger partial charge in [-0.25, -0.2) is 4.99 Å². The van der Waals surface area contributed by atoms with E-state index in [1.54, 1.807) is 0 Å². The van der Waals surface area contributed by atoms with E-state index in [4.69, 9.17) is 4.74 Å². The highest BCUT2D eigenvalue weighted by atomic mass is 32.2. The molecule has 0 bridgehead atoms. The number of aliphatic imine (C=N–C) groups is 1. The molecule has 0 aliphatic carbocycles. The van der Waals surface area contributed by atoms with Gasteiger partial charge in [-0.2, -0.15) is 0 Å². The number of thioether (sulfide) groups is 1. The topological polar surface area (TPSA) is 21.6 Å². The van der Waals surface area contributed by atoms with Crippen molar-refractivity contribution in [2.24, 2.45) is 10.9 Å². The summed E-state index contributed by atoms with van der Waals surface area (Å²) >= 11 is 1.94. The Balaban J connectivity index is 1.54. The molecular weight excluding hydrogens is 230 g/mol. The van der Waals surface area contributed by atoms with E-state index in [1.807, 2.05) is 11.8 Å². The fourth-order valence-electron chi connectivity index (χ4n) is 2.32. The maximum atomic E-state index is 5.38. The molecule has 3 rings (SSSR count). The molecule has 0 unspecified atom stereocenters. The molecule has 2 aliphatic heterocycles. The van der Waals surface area contributed by atoms with Crippen LogP contribution in [-0.4, -0.2) is 24.0 Å². The first-order chi connectivity index (χ1) is 8.42. The van der Waals surface area contributed by atoms with E-state index in [1.165, 1.54) is 34.9 Å². The maximum absolute atomic E-state index is 5.38. The number of ether oxygens (including phenoxy) is 1. The van der Waals surface area contributed by atoms with E-state index in [9.17, 15) is 0 Å². The van der Waals surface area contributed by atoms with Gasteiger partial charge in [0.1, 0.15) is 0 Å². The van der Waals surface area contributed by atoms with Crippen molar-refractivity contribution in [3.8, 4) is 0 Å². The molecular formula is C14H17NOS. The molecule has 1 aromatic rings. The number of nitrogens with zero attached hydrogens (tertiary/aromatic N) is 1. The van der Waals surface area contributed by atoms with Crippen LogP contribution in [0.5, 0.6) is 0 Å². The van der Waals surface area contributed by atoms with Gasteiger partial charge in [0.25, 0.3) is 0 Å². The van der Waals surface area contributed by atoms with Crippen LogP contribution in [0, 0.1) is 5.92 Å². The van der Waals surface area contributed by atoms with Crippen LogP contribution in [0.3, 0.4) is 0 Å². The van der Waals surface area contributed by atoms with Gasteiger partial charge >= 0.3 is 0 Å². The van der Waals surface area contributed by atoms with Gasteiger partial charge in [0.05, 0.1) is 10.7 Å². The zero-order valence-corrected chi connectivity index (χ0v) is 10.7. The smallest absolute Gasteiger partial charge is 0.0783 e. The van der Waals surface area contributed by atoms with Gasteiger partial charge in [0.15, 0.2) is 0 Å². The third-order valence-corrected chi connectivity index (χ3v) is 4.61. The number of rotatable bonds is 2. The molecule has 0 spiro atoms. The lowest BCUT2D eigenvalue weighted by Crippen LogP contribution is -2.18. The van der Waals surface area contributed by atoms with Crippen molar-refractivity contribution in [3.05, 3.63) is 29.8 Å². The Morgan fingerprint density at radius 2 is 2.06 bits per heavy atom. The Morgan fingerprint density at radius 1 is 1.24 bits per heavy atom. The molecule has 0 N–H and O–H groups in total. The lowest BCUT2D eigenvalue weighted by molar-refractivity contribution is 0.0728. The van der Waals surface area contributed by atoms with Gasteiger partial charge in [-0.15, -0.1) is 11.8 Å². The third-order valence-electron chi connectivity index (χ3n) is 3.40. The highest BCUT2D eigenvalue weighted by molar-refractivity contribution is 8.14. The molecule has 0 atom stereocenters. The van der Waals surface area contributed by atoms with Crippen LogP contribution in [-0.2, 0) is 11.2 Å². The van der Waals surface area contributed by atoms with Crippen molar-refractivity contribution < 1.29 is 4.74 Å². The van der Waals surface area contributed by atoms with Crippen LogP contribution in [0.4, 0.5) is 5.69 Å². The number of benzene rings is 1. The second kappa shape index (κ2) is 5.23. The van der Waals surface area contributed by atoms with E-state index < -0.39 is 0 Å². The van der Waals surface area contributed by atoms with Gasteiger partial charge in [-0.3, -0.25) is 0 Å². The maximum Gasteiger partial charge on any atom is 0.0783 e. The van der Waals surface area contributed by atoms with E-state index in [0.29, 0.717) is 0 Å². The quantitative estimate of drug-likeness (QED) is 0.798. The summed E-state index contributed by atoms with van der Waals surface area (Å²) in [7, 11) is 0. The van der Waals surface area contributed by atoms with E-state index >= 15 is 0 Å². The molecule has 0 saturated carbocycles. The predicted octanol–water partition coefficient (Wildman–Crippen LogP) is 3.43. The minimum Gasteiger partial charge on any atom is -0.381 e. The first-order valence-corrected chi connectivity index (χ1v) is 7.26. The molecule has 90 valence electrons. The monoisotopic (exact) mass is 247 g/mol. The zero-order chi connectivity index (χ0) is 11.5. The van der Waals surface area contributed by atoms with Gasteiger partial charge in [-0.05, 0) is 30.4 Å². The molecule has 2 nitrogen and oxygen atoms in total. The van der Waals surface area contributed by atoms with E-state index in [2.05, 4.69) is 29.3 Å². The van der Waals surface area contributed by atoms with Crippen LogP contribution in [0.15, 0.2) is 29.3 Å². The van der Waals surface area contributed by atoms with Crippen LogP contribution in [0.1, 0.15) is 18.4 Å². The lowest BCUT2D eigenvalue weighted by atomic mass is 10.0. The predicted molar refractivity (Wildman–Crippen MR) is 73.2 cm³/mol. The molecule has 0 aromatic heterocycles. The Hall–Kier alpha value is -0.800. The highest BCUT2D eigenvalue weighted by Gasteiger charge is 2.18. The average Bonchev–Trinajstić information content (AvgIpc) is 2.80. The SMILES string of the molecule is c1ccc2c(c1)CC(SCC1CCOCC1)=N2. The number of para-hydroxylation sites is 1. The molecule has 2 heterocycles. The molecule has 1 fully saturated rings. The van der Waals surface area contributed by atoms with Crippen LogP contribution < -0.4 is 0 Å². The molecule has 3 heteroatoms. The summed E-state index contributed by atoms with van der Waals surface area (Å²) in [4.78, 5) is 4.68. The minimum atomic E-state index is 0.820. The minimum absolute atomic E-state index is 0.820. The summed E-state index contributed by atoms with van der Waals surface area (Å²) in [6.45, 7) is 1.88. The van der Waals surface area contributed by atoms with Crippen molar-refractivity contribution in [1.29, 1.82) is 0 Å². The largest absolute Gasteiger partial charge is 0.381 e. The van der Waals surface area contributed by atoms with E-state index in [-0.39, 0.29) is 0 Å². The second-order valence-electron chi connectivity index (χ2n) is 4.68. The van der Waals surface area contributed by atoms with E-state index in [0.717, 1.165) is 25.6 Å². The Labute approximate surface area is 106 Å².